The van der Waals surface area contributed by atoms with Gasteiger partial charge in [0.15, 0.2) is 6.61 Å². The van der Waals surface area contributed by atoms with Gasteiger partial charge in [-0.3, -0.25) is 4.79 Å². The standard InChI is InChI=1S/C13H18N2O3/c1-10-8-15(6-7-17-10)13(16)9-18-12-5-3-2-4-11(12)14/h2-5,10H,6-9,14H2,1H3. The molecule has 1 saturated heterocycles. The van der Waals surface area contributed by atoms with E-state index in [4.69, 9.17) is 15.2 Å². The van der Waals surface area contributed by atoms with E-state index >= 15 is 0 Å². The van der Waals surface area contributed by atoms with Gasteiger partial charge in [0.25, 0.3) is 5.91 Å². The van der Waals surface area contributed by atoms with Crippen molar-refractivity contribution in [1.82, 2.24) is 4.90 Å². The van der Waals surface area contributed by atoms with Crippen LogP contribution in [-0.2, 0) is 9.53 Å². The molecular weight excluding hydrogens is 232 g/mol. The summed E-state index contributed by atoms with van der Waals surface area (Å²) in [4.78, 5) is 13.7. The number of carbonyl (C=O) groups is 1. The lowest BCUT2D eigenvalue weighted by atomic mass is 10.3. The van der Waals surface area contributed by atoms with Crippen LogP contribution in [0.2, 0.25) is 0 Å². The van der Waals surface area contributed by atoms with Crippen LogP contribution in [0, 0.1) is 0 Å². The van der Waals surface area contributed by atoms with Gasteiger partial charge in [0.2, 0.25) is 0 Å². The summed E-state index contributed by atoms with van der Waals surface area (Å²) in [7, 11) is 0. The lowest BCUT2D eigenvalue weighted by molar-refractivity contribution is -0.140. The van der Waals surface area contributed by atoms with Crippen LogP contribution >= 0.6 is 0 Å². The number of para-hydroxylation sites is 2. The van der Waals surface area contributed by atoms with Gasteiger partial charge in [0.05, 0.1) is 18.4 Å². The summed E-state index contributed by atoms with van der Waals surface area (Å²) >= 11 is 0. The van der Waals surface area contributed by atoms with Crippen molar-refractivity contribution in [3.05, 3.63) is 24.3 Å². The number of ether oxygens (including phenoxy) is 2. The lowest BCUT2D eigenvalue weighted by Gasteiger charge is -2.31. The summed E-state index contributed by atoms with van der Waals surface area (Å²) in [5, 5.41) is 0. The fraction of sp³-hybridized carbons (Fsp3) is 0.462. The average molecular weight is 250 g/mol. The number of amides is 1. The van der Waals surface area contributed by atoms with Gasteiger partial charge in [-0.05, 0) is 19.1 Å². The molecule has 1 heterocycles. The van der Waals surface area contributed by atoms with Crippen molar-refractivity contribution >= 4 is 11.6 Å². The number of carbonyl (C=O) groups excluding carboxylic acids is 1. The Labute approximate surface area is 106 Å². The van der Waals surface area contributed by atoms with Crippen molar-refractivity contribution in [3.63, 3.8) is 0 Å². The smallest absolute Gasteiger partial charge is 0.260 e. The maximum Gasteiger partial charge on any atom is 0.260 e. The molecule has 2 N–H and O–H groups in total. The quantitative estimate of drug-likeness (QED) is 0.809. The molecule has 98 valence electrons. The maximum absolute atomic E-state index is 11.9. The first-order valence-electron chi connectivity index (χ1n) is 6.03. The molecule has 1 atom stereocenters. The number of nitrogen functional groups attached to an aromatic ring is 1. The largest absolute Gasteiger partial charge is 0.482 e. The summed E-state index contributed by atoms with van der Waals surface area (Å²) in [6.07, 6.45) is 0.0875. The number of hydrogen-bond acceptors (Lipinski definition) is 4. The monoisotopic (exact) mass is 250 g/mol. The van der Waals surface area contributed by atoms with Crippen molar-refractivity contribution in [3.8, 4) is 5.75 Å². The number of anilines is 1. The zero-order valence-corrected chi connectivity index (χ0v) is 10.5. The molecule has 0 aliphatic carbocycles. The summed E-state index contributed by atoms with van der Waals surface area (Å²) in [5.74, 6) is 0.514. The van der Waals surface area contributed by atoms with E-state index in [9.17, 15) is 4.79 Å². The molecule has 5 heteroatoms. The highest BCUT2D eigenvalue weighted by Crippen LogP contribution is 2.19. The predicted molar refractivity (Wildman–Crippen MR) is 68.3 cm³/mol. The second-order valence-corrected chi connectivity index (χ2v) is 4.35. The summed E-state index contributed by atoms with van der Waals surface area (Å²) in [5.41, 5.74) is 6.28. The molecule has 0 saturated carbocycles. The number of nitrogens with two attached hydrogens (primary N) is 1. The number of rotatable bonds is 3. The number of hydrogen-bond donors (Lipinski definition) is 1. The molecule has 18 heavy (non-hydrogen) atoms. The van der Waals surface area contributed by atoms with Crippen molar-refractivity contribution in [2.45, 2.75) is 13.0 Å². The number of morpholine rings is 1. The Morgan fingerprint density at radius 2 is 2.33 bits per heavy atom. The zero-order valence-electron chi connectivity index (χ0n) is 10.5. The highest BCUT2D eigenvalue weighted by atomic mass is 16.5. The molecule has 2 rings (SSSR count). The van der Waals surface area contributed by atoms with Crippen molar-refractivity contribution < 1.29 is 14.3 Å². The van der Waals surface area contributed by atoms with Gasteiger partial charge in [-0.1, -0.05) is 12.1 Å². The van der Waals surface area contributed by atoms with Crippen molar-refractivity contribution in [2.75, 3.05) is 32.0 Å². The zero-order chi connectivity index (χ0) is 13.0. The van der Waals surface area contributed by atoms with Gasteiger partial charge >= 0.3 is 0 Å². The van der Waals surface area contributed by atoms with Gasteiger partial charge < -0.3 is 20.1 Å². The van der Waals surface area contributed by atoms with E-state index in [0.29, 0.717) is 31.1 Å². The molecule has 1 unspecified atom stereocenters. The first-order valence-corrected chi connectivity index (χ1v) is 6.03. The van der Waals surface area contributed by atoms with Crippen LogP contribution in [0.4, 0.5) is 5.69 Å². The van der Waals surface area contributed by atoms with Gasteiger partial charge in [0.1, 0.15) is 5.75 Å². The fourth-order valence-electron chi connectivity index (χ4n) is 1.89. The van der Waals surface area contributed by atoms with E-state index < -0.39 is 0 Å². The molecule has 1 amide bonds. The molecule has 1 aliphatic rings. The third-order valence-electron chi connectivity index (χ3n) is 2.86. The van der Waals surface area contributed by atoms with E-state index in [2.05, 4.69) is 0 Å². The molecule has 5 nitrogen and oxygen atoms in total. The molecule has 1 fully saturated rings. The number of nitrogens with zero attached hydrogens (tertiary/aromatic N) is 1. The third kappa shape index (κ3) is 3.13. The Kier molecular flexibility index (Phi) is 4.04. The van der Waals surface area contributed by atoms with E-state index in [-0.39, 0.29) is 18.6 Å². The fourth-order valence-corrected chi connectivity index (χ4v) is 1.89. The summed E-state index contributed by atoms with van der Waals surface area (Å²) in [6.45, 7) is 3.79. The second kappa shape index (κ2) is 5.73. The molecular formula is C13H18N2O3. The Bertz CT molecular complexity index is 422. The Balaban J connectivity index is 1.86. The van der Waals surface area contributed by atoms with Crippen LogP contribution in [-0.4, -0.2) is 43.2 Å². The van der Waals surface area contributed by atoms with Gasteiger partial charge in [-0.15, -0.1) is 0 Å². The van der Waals surface area contributed by atoms with Crippen molar-refractivity contribution in [2.24, 2.45) is 0 Å². The van der Waals surface area contributed by atoms with E-state index in [1.807, 2.05) is 19.1 Å². The maximum atomic E-state index is 11.9. The van der Waals surface area contributed by atoms with Crippen molar-refractivity contribution in [1.29, 1.82) is 0 Å². The second-order valence-electron chi connectivity index (χ2n) is 4.35. The molecule has 1 aliphatic heterocycles. The van der Waals surface area contributed by atoms with E-state index in [0.717, 1.165) is 0 Å². The van der Waals surface area contributed by atoms with Crippen LogP contribution in [0.3, 0.4) is 0 Å². The Hall–Kier alpha value is -1.75. The number of benzene rings is 1. The average Bonchev–Trinajstić information content (AvgIpc) is 2.37. The van der Waals surface area contributed by atoms with Crippen LogP contribution in [0.25, 0.3) is 0 Å². The third-order valence-corrected chi connectivity index (χ3v) is 2.86. The molecule has 0 radical (unpaired) electrons. The predicted octanol–water partition coefficient (Wildman–Crippen LogP) is 0.895. The van der Waals surface area contributed by atoms with Crippen LogP contribution in [0.1, 0.15) is 6.92 Å². The normalized spacial score (nSPS) is 19.6. The van der Waals surface area contributed by atoms with Crippen LogP contribution in [0.15, 0.2) is 24.3 Å². The topological polar surface area (TPSA) is 64.8 Å². The SMILES string of the molecule is CC1CN(C(=O)COc2ccccc2N)CCO1. The highest BCUT2D eigenvalue weighted by molar-refractivity contribution is 5.78. The molecule has 0 spiro atoms. The van der Waals surface area contributed by atoms with Crippen LogP contribution < -0.4 is 10.5 Å². The highest BCUT2D eigenvalue weighted by Gasteiger charge is 2.21. The minimum atomic E-state index is -0.0339. The van der Waals surface area contributed by atoms with E-state index in [1.165, 1.54) is 0 Å². The minimum Gasteiger partial charge on any atom is -0.482 e. The van der Waals surface area contributed by atoms with Gasteiger partial charge in [0, 0.05) is 13.1 Å². The molecule has 0 bridgehead atoms. The molecule has 1 aromatic carbocycles. The lowest BCUT2D eigenvalue weighted by Crippen LogP contribution is -2.46. The van der Waals surface area contributed by atoms with Crippen LogP contribution in [0.5, 0.6) is 5.75 Å². The van der Waals surface area contributed by atoms with Gasteiger partial charge in [-0.2, -0.15) is 0 Å². The van der Waals surface area contributed by atoms with E-state index in [1.54, 1.807) is 17.0 Å². The molecule has 0 aromatic heterocycles. The first-order chi connectivity index (χ1) is 8.66. The summed E-state index contributed by atoms with van der Waals surface area (Å²) < 4.78 is 10.8. The minimum absolute atomic E-state index is 0.0148. The summed E-state index contributed by atoms with van der Waals surface area (Å²) in [6, 6.07) is 7.15. The Morgan fingerprint density at radius 1 is 1.56 bits per heavy atom. The Morgan fingerprint density at radius 3 is 3.06 bits per heavy atom. The van der Waals surface area contributed by atoms with Gasteiger partial charge in [-0.25, -0.2) is 0 Å². The first kappa shape index (κ1) is 12.7. The molecule has 1 aromatic rings.